The van der Waals surface area contributed by atoms with Crippen molar-refractivity contribution in [2.45, 2.75) is 6.42 Å². The van der Waals surface area contributed by atoms with Gasteiger partial charge in [-0.25, -0.2) is 0 Å². The van der Waals surface area contributed by atoms with E-state index in [2.05, 4.69) is 22.0 Å². The van der Waals surface area contributed by atoms with Crippen molar-refractivity contribution in [3.05, 3.63) is 35.9 Å². The number of hydrogen-bond acceptors (Lipinski definition) is 0. The summed E-state index contributed by atoms with van der Waals surface area (Å²) in [5.74, 6) is 3.05. The molecule has 0 heterocycles. The molecule has 10 heavy (non-hydrogen) atoms. The van der Waals surface area contributed by atoms with Gasteiger partial charge in [0.05, 0.1) is 0 Å². The number of benzene rings is 1. The van der Waals surface area contributed by atoms with Gasteiger partial charge in [-0.15, -0.1) is 0 Å². The Morgan fingerprint density at radius 3 is 2.50 bits per heavy atom. The van der Waals surface area contributed by atoms with Crippen LogP contribution in [0.5, 0.6) is 0 Å². The van der Waals surface area contributed by atoms with Crippen molar-refractivity contribution in [3.63, 3.8) is 0 Å². The molecule has 0 aliphatic rings. The van der Waals surface area contributed by atoms with Crippen LogP contribution in [0.4, 0.5) is 0 Å². The molecule has 0 bridgehead atoms. The average molecular weight is 234 g/mol. The van der Waals surface area contributed by atoms with Gasteiger partial charge in [0.25, 0.3) is 0 Å². The van der Waals surface area contributed by atoms with Crippen LogP contribution in [0.15, 0.2) is 30.3 Å². The van der Waals surface area contributed by atoms with Crippen LogP contribution in [0, 0.1) is 9.86 Å². The maximum absolute atomic E-state index is 3.05. The molecule has 0 amide bonds. The van der Waals surface area contributed by atoms with Crippen molar-refractivity contribution in [2.24, 2.45) is 0 Å². The zero-order chi connectivity index (χ0) is 7.23. The Kier molecular flexibility index (Phi) is 3.38. The maximum atomic E-state index is 3.05. The predicted octanol–water partition coefficient (Wildman–Crippen LogP) is 1.36. The number of rotatable bonds is 1. The van der Waals surface area contributed by atoms with Crippen LogP contribution in [0.2, 0.25) is 0 Å². The monoisotopic (exact) mass is 235 g/mol. The molecular weight excluding hydrogens is 227 g/mol. The van der Waals surface area contributed by atoms with Gasteiger partial charge in [-0.2, -0.15) is 0 Å². The van der Waals surface area contributed by atoms with Crippen molar-refractivity contribution in [2.75, 3.05) is 0 Å². The van der Waals surface area contributed by atoms with Crippen molar-refractivity contribution in [3.8, 4) is 9.86 Å². The summed E-state index contributed by atoms with van der Waals surface area (Å²) < 4.78 is 2.96. The van der Waals surface area contributed by atoms with E-state index in [1.54, 1.807) is 0 Å². The topological polar surface area (TPSA) is 0 Å². The first kappa shape index (κ1) is 7.68. The van der Waals surface area contributed by atoms with Gasteiger partial charge in [0, 0.05) is 0 Å². The van der Waals surface area contributed by atoms with Gasteiger partial charge in [-0.1, -0.05) is 0 Å². The zero-order valence-corrected chi connectivity index (χ0v) is 8.45. The van der Waals surface area contributed by atoms with Crippen LogP contribution in [0.3, 0.4) is 0 Å². The van der Waals surface area contributed by atoms with E-state index < -0.39 is 0 Å². The van der Waals surface area contributed by atoms with Crippen LogP contribution in [-0.2, 0) is 6.42 Å². The van der Waals surface area contributed by atoms with Gasteiger partial charge in [0.2, 0.25) is 0 Å². The van der Waals surface area contributed by atoms with Gasteiger partial charge < -0.3 is 0 Å². The van der Waals surface area contributed by atoms with E-state index >= 15 is 0 Å². The Balaban J connectivity index is 2.64. The third-order valence-electron chi connectivity index (χ3n) is 1.22. The van der Waals surface area contributed by atoms with Crippen molar-refractivity contribution in [1.29, 1.82) is 0 Å². The average Bonchev–Trinajstić information content (AvgIpc) is 2.03. The van der Waals surface area contributed by atoms with E-state index in [1.165, 1.54) is 28.1 Å². The first-order chi connectivity index (χ1) is 4.93. The Hall–Kier alpha value is -0.421. The van der Waals surface area contributed by atoms with Gasteiger partial charge in [0.15, 0.2) is 0 Å². The SMILES string of the molecule is [Sn][C]#CCc1ccccc1. The molecule has 1 heteroatoms. The molecule has 0 aliphatic carbocycles. The van der Waals surface area contributed by atoms with Gasteiger partial charge >= 0.3 is 74.7 Å². The molecule has 0 aliphatic heterocycles. The summed E-state index contributed by atoms with van der Waals surface area (Å²) in [5, 5.41) is 0. The molecule has 0 N–H and O–H groups in total. The Bertz CT molecular complexity index is 240. The second kappa shape index (κ2) is 4.40. The minimum atomic E-state index is 0.895. The van der Waals surface area contributed by atoms with E-state index in [-0.39, 0.29) is 0 Å². The Morgan fingerprint density at radius 1 is 1.20 bits per heavy atom. The number of hydrogen-bond donors (Lipinski definition) is 0. The van der Waals surface area contributed by atoms with Crippen LogP contribution in [-0.4, -0.2) is 22.5 Å². The van der Waals surface area contributed by atoms with Crippen molar-refractivity contribution >= 4 is 22.5 Å². The van der Waals surface area contributed by atoms with E-state index in [9.17, 15) is 0 Å². The first-order valence-corrected chi connectivity index (χ1v) is 4.54. The van der Waals surface area contributed by atoms with Crippen LogP contribution in [0.25, 0.3) is 0 Å². The molecule has 1 rings (SSSR count). The summed E-state index contributed by atoms with van der Waals surface area (Å²) in [4.78, 5) is 0. The summed E-state index contributed by atoms with van der Waals surface area (Å²) in [7, 11) is 0. The van der Waals surface area contributed by atoms with Crippen molar-refractivity contribution < 1.29 is 0 Å². The van der Waals surface area contributed by atoms with E-state index in [1.807, 2.05) is 18.2 Å². The molecule has 47 valence electrons. The van der Waals surface area contributed by atoms with E-state index in [4.69, 9.17) is 0 Å². The fraction of sp³-hybridized carbons (Fsp3) is 0.111. The van der Waals surface area contributed by atoms with Gasteiger partial charge in [-0.05, 0) is 0 Å². The quantitative estimate of drug-likeness (QED) is 0.508. The third kappa shape index (κ3) is 2.45. The normalized spacial score (nSPS) is 8.10. The molecule has 0 atom stereocenters. The molecule has 0 aromatic heterocycles. The molecule has 0 saturated carbocycles. The van der Waals surface area contributed by atoms with E-state index in [0.29, 0.717) is 0 Å². The zero-order valence-electron chi connectivity index (χ0n) is 5.59. The molecular formula is C9H7Sn. The standard InChI is InChI=1S/C9H7.Sn/c1-2-6-9-7-4-3-5-8-9;/h3-5,7-8H,6H2;. The summed E-state index contributed by atoms with van der Waals surface area (Å²) in [5.41, 5.74) is 1.30. The molecule has 1 aromatic rings. The second-order valence-corrected chi connectivity index (χ2v) is 2.68. The van der Waals surface area contributed by atoms with Gasteiger partial charge in [0.1, 0.15) is 0 Å². The molecule has 0 saturated heterocycles. The summed E-state index contributed by atoms with van der Waals surface area (Å²) in [6.45, 7) is 0. The Morgan fingerprint density at radius 2 is 1.90 bits per heavy atom. The molecule has 0 fully saturated rings. The second-order valence-electron chi connectivity index (χ2n) is 1.96. The molecule has 1 aromatic carbocycles. The minimum absolute atomic E-state index is 0.895. The van der Waals surface area contributed by atoms with E-state index in [0.717, 1.165) is 6.42 Å². The van der Waals surface area contributed by atoms with Crippen LogP contribution < -0.4 is 0 Å². The molecule has 0 nitrogen and oxygen atoms in total. The fourth-order valence-electron chi connectivity index (χ4n) is 0.742. The van der Waals surface area contributed by atoms with Crippen LogP contribution >= 0.6 is 0 Å². The summed E-state index contributed by atoms with van der Waals surface area (Å²) >= 11 is 1.30. The first-order valence-electron chi connectivity index (χ1n) is 3.12. The van der Waals surface area contributed by atoms with Gasteiger partial charge in [-0.3, -0.25) is 0 Å². The fourth-order valence-corrected chi connectivity index (χ4v) is 0.994. The third-order valence-corrected chi connectivity index (χ3v) is 1.73. The molecule has 0 spiro atoms. The summed E-state index contributed by atoms with van der Waals surface area (Å²) in [6, 6.07) is 10.3. The molecule has 3 radical (unpaired) electrons. The Labute approximate surface area is 74.7 Å². The predicted molar refractivity (Wildman–Crippen MR) is 43.7 cm³/mol. The summed E-state index contributed by atoms with van der Waals surface area (Å²) in [6.07, 6.45) is 0.895. The van der Waals surface area contributed by atoms with Crippen LogP contribution in [0.1, 0.15) is 5.56 Å². The molecule has 0 unspecified atom stereocenters. The van der Waals surface area contributed by atoms with Crippen molar-refractivity contribution in [1.82, 2.24) is 0 Å².